The van der Waals surface area contributed by atoms with Crippen LogP contribution in [0.1, 0.15) is 56.7 Å². The second-order valence-corrected chi connectivity index (χ2v) is 7.19. The highest BCUT2D eigenvalue weighted by Gasteiger charge is 2.35. The molecule has 26 heavy (non-hydrogen) atoms. The highest BCUT2D eigenvalue weighted by Crippen LogP contribution is 2.41. The van der Waals surface area contributed by atoms with Gasteiger partial charge in [0.25, 0.3) is 0 Å². The number of benzene rings is 2. The molecular formula is C22H30N2O2. The largest absolute Gasteiger partial charge is 0.504 e. The van der Waals surface area contributed by atoms with E-state index >= 15 is 0 Å². The lowest BCUT2D eigenvalue weighted by Gasteiger charge is -2.36. The lowest BCUT2D eigenvalue weighted by atomic mass is 9.87. The molecule has 2 atom stereocenters. The first-order valence-electron chi connectivity index (χ1n) is 9.60. The van der Waals surface area contributed by atoms with E-state index in [0.29, 0.717) is 5.75 Å². The first-order valence-corrected chi connectivity index (χ1v) is 9.60. The fraction of sp³-hybridized carbons (Fsp3) is 0.455. The average molecular weight is 354 g/mol. The fourth-order valence-corrected chi connectivity index (χ4v) is 3.83. The topological polar surface area (TPSA) is 53.5 Å². The van der Waals surface area contributed by atoms with Crippen molar-refractivity contribution < 1.29 is 9.84 Å². The molecule has 0 unspecified atom stereocenters. The molecule has 0 amide bonds. The van der Waals surface area contributed by atoms with Gasteiger partial charge in [-0.2, -0.15) is 0 Å². The SMILES string of the molecule is CCCC[C@]1(CC)CNc2cc(O)c(OC)cc2[C@@H](c2ccccc2)N1. The zero-order chi connectivity index (χ0) is 18.6. The number of rotatable bonds is 6. The third-order valence-corrected chi connectivity index (χ3v) is 5.55. The van der Waals surface area contributed by atoms with Crippen LogP contribution in [0.2, 0.25) is 0 Å². The molecule has 2 aromatic rings. The van der Waals surface area contributed by atoms with Crippen molar-refractivity contribution in [3.63, 3.8) is 0 Å². The Balaban J connectivity index is 2.09. The molecule has 0 radical (unpaired) electrons. The highest BCUT2D eigenvalue weighted by atomic mass is 16.5. The quantitative estimate of drug-likeness (QED) is 0.694. The van der Waals surface area contributed by atoms with Crippen LogP contribution in [0, 0.1) is 0 Å². The molecule has 3 rings (SSSR count). The maximum absolute atomic E-state index is 10.3. The standard InChI is InChI=1S/C22H30N2O2/c1-4-6-12-22(5-2)15-23-18-14-19(25)20(26-3)13-17(18)21(24-22)16-10-8-7-9-11-16/h7-11,13-14,21,23-25H,4-6,12,15H2,1-3H3/t21-,22-/m1/s1. The van der Waals surface area contributed by atoms with Gasteiger partial charge >= 0.3 is 0 Å². The van der Waals surface area contributed by atoms with E-state index < -0.39 is 0 Å². The molecule has 1 aliphatic rings. The molecule has 4 heteroatoms. The Morgan fingerprint density at radius 3 is 2.62 bits per heavy atom. The van der Waals surface area contributed by atoms with E-state index in [0.717, 1.165) is 30.6 Å². The Hall–Kier alpha value is -2.20. The van der Waals surface area contributed by atoms with Gasteiger partial charge in [0, 0.05) is 29.4 Å². The number of phenols is 1. The van der Waals surface area contributed by atoms with Gasteiger partial charge in [0.15, 0.2) is 11.5 Å². The molecule has 3 N–H and O–H groups in total. The van der Waals surface area contributed by atoms with Gasteiger partial charge in [0.1, 0.15) is 0 Å². The van der Waals surface area contributed by atoms with E-state index in [1.165, 1.54) is 18.4 Å². The van der Waals surface area contributed by atoms with Crippen LogP contribution in [0.25, 0.3) is 0 Å². The van der Waals surface area contributed by atoms with E-state index in [1.54, 1.807) is 13.2 Å². The number of phenolic OH excluding ortho intramolecular Hbond substituents is 1. The van der Waals surface area contributed by atoms with Crippen molar-refractivity contribution in [2.75, 3.05) is 19.0 Å². The maximum Gasteiger partial charge on any atom is 0.160 e. The summed E-state index contributed by atoms with van der Waals surface area (Å²) in [7, 11) is 1.59. The van der Waals surface area contributed by atoms with Crippen LogP contribution in [0.4, 0.5) is 5.69 Å². The molecule has 0 fully saturated rings. The summed E-state index contributed by atoms with van der Waals surface area (Å²) < 4.78 is 5.37. The average Bonchev–Trinajstić information content (AvgIpc) is 2.84. The van der Waals surface area contributed by atoms with Crippen LogP contribution >= 0.6 is 0 Å². The third-order valence-electron chi connectivity index (χ3n) is 5.55. The zero-order valence-electron chi connectivity index (χ0n) is 16.0. The van der Waals surface area contributed by atoms with Gasteiger partial charge in [-0.05, 0) is 24.5 Å². The Morgan fingerprint density at radius 2 is 1.96 bits per heavy atom. The van der Waals surface area contributed by atoms with Crippen molar-refractivity contribution in [2.24, 2.45) is 0 Å². The van der Waals surface area contributed by atoms with Crippen molar-refractivity contribution in [3.8, 4) is 11.5 Å². The molecule has 0 saturated carbocycles. The molecule has 0 aliphatic carbocycles. The molecule has 140 valence electrons. The predicted octanol–water partition coefficient (Wildman–Crippen LogP) is 4.84. The summed E-state index contributed by atoms with van der Waals surface area (Å²) in [5.74, 6) is 0.675. The summed E-state index contributed by atoms with van der Waals surface area (Å²) in [6, 6.07) is 14.3. The number of aromatic hydroxyl groups is 1. The number of nitrogens with one attached hydrogen (secondary N) is 2. The molecular weight excluding hydrogens is 324 g/mol. The predicted molar refractivity (Wildman–Crippen MR) is 107 cm³/mol. The Morgan fingerprint density at radius 1 is 1.19 bits per heavy atom. The second-order valence-electron chi connectivity index (χ2n) is 7.19. The van der Waals surface area contributed by atoms with E-state index in [4.69, 9.17) is 4.74 Å². The number of ether oxygens (including phenoxy) is 1. The number of anilines is 1. The number of unbranched alkanes of at least 4 members (excludes halogenated alkanes) is 1. The molecule has 1 aliphatic heterocycles. The van der Waals surface area contributed by atoms with E-state index in [9.17, 15) is 5.11 Å². The monoisotopic (exact) mass is 354 g/mol. The number of fused-ring (bicyclic) bond motifs is 1. The lowest BCUT2D eigenvalue weighted by molar-refractivity contribution is 0.283. The van der Waals surface area contributed by atoms with Crippen molar-refractivity contribution >= 4 is 5.69 Å². The van der Waals surface area contributed by atoms with Gasteiger partial charge in [-0.15, -0.1) is 0 Å². The van der Waals surface area contributed by atoms with Crippen LogP contribution in [0.3, 0.4) is 0 Å². The van der Waals surface area contributed by atoms with Crippen molar-refractivity contribution in [1.82, 2.24) is 5.32 Å². The summed E-state index contributed by atoms with van der Waals surface area (Å²) in [6.07, 6.45) is 4.53. The Labute approximate surface area is 156 Å². The smallest absolute Gasteiger partial charge is 0.160 e. The number of methoxy groups -OCH3 is 1. The summed E-state index contributed by atoms with van der Waals surface area (Å²) in [5.41, 5.74) is 3.31. The van der Waals surface area contributed by atoms with Crippen LogP contribution in [0.5, 0.6) is 11.5 Å². The van der Waals surface area contributed by atoms with E-state index in [1.807, 2.05) is 12.1 Å². The zero-order valence-corrected chi connectivity index (χ0v) is 16.0. The normalized spacial score (nSPS) is 22.2. The minimum atomic E-state index is 0.0123. The van der Waals surface area contributed by atoms with Gasteiger partial charge in [-0.3, -0.25) is 5.32 Å². The number of hydrogen-bond donors (Lipinski definition) is 3. The highest BCUT2D eigenvalue weighted by molar-refractivity contribution is 5.63. The minimum absolute atomic E-state index is 0.0123. The molecule has 4 nitrogen and oxygen atoms in total. The van der Waals surface area contributed by atoms with E-state index in [-0.39, 0.29) is 17.3 Å². The first kappa shape index (κ1) is 18.6. The van der Waals surface area contributed by atoms with Crippen LogP contribution in [0.15, 0.2) is 42.5 Å². The molecule has 0 bridgehead atoms. The van der Waals surface area contributed by atoms with Gasteiger partial charge in [-0.1, -0.05) is 57.0 Å². The van der Waals surface area contributed by atoms with Gasteiger partial charge < -0.3 is 15.2 Å². The number of hydrogen-bond acceptors (Lipinski definition) is 4. The third kappa shape index (κ3) is 3.65. The minimum Gasteiger partial charge on any atom is -0.504 e. The second kappa shape index (κ2) is 8.00. The van der Waals surface area contributed by atoms with Gasteiger partial charge in [-0.25, -0.2) is 0 Å². The maximum atomic E-state index is 10.3. The van der Waals surface area contributed by atoms with Crippen LogP contribution < -0.4 is 15.4 Å². The van der Waals surface area contributed by atoms with Gasteiger partial charge in [0.2, 0.25) is 0 Å². The molecule has 1 heterocycles. The first-order chi connectivity index (χ1) is 12.6. The summed E-state index contributed by atoms with van der Waals surface area (Å²) in [5, 5.41) is 17.8. The summed E-state index contributed by atoms with van der Waals surface area (Å²) >= 11 is 0. The van der Waals surface area contributed by atoms with Crippen LogP contribution in [-0.2, 0) is 0 Å². The Kier molecular flexibility index (Phi) is 5.72. The van der Waals surface area contributed by atoms with Gasteiger partial charge in [0.05, 0.1) is 13.2 Å². The van der Waals surface area contributed by atoms with Crippen molar-refractivity contribution in [1.29, 1.82) is 0 Å². The molecule has 2 aromatic carbocycles. The summed E-state index contributed by atoms with van der Waals surface area (Å²) in [4.78, 5) is 0. The Bertz CT molecular complexity index is 732. The molecule has 0 aromatic heterocycles. The lowest BCUT2D eigenvalue weighted by Crippen LogP contribution is -2.50. The van der Waals surface area contributed by atoms with Crippen molar-refractivity contribution in [2.45, 2.75) is 51.1 Å². The summed E-state index contributed by atoms with van der Waals surface area (Å²) in [6.45, 7) is 5.33. The molecule has 0 spiro atoms. The van der Waals surface area contributed by atoms with Crippen molar-refractivity contribution in [3.05, 3.63) is 53.6 Å². The van der Waals surface area contributed by atoms with E-state index in [2.05, 4.69) is 48.7 Å². The van der Waals surface area contributed by atoms with Crippen LogP contribution in [-0.4, -0.2) is 24.3 Å². The molecule has 0 saturated heterocycles. The fourth-order valence-electron chi connectivity index (χ4n) is 3.83.